The van der Waals surface area contributed by atoms with Crippen LogP contribution in [0.5, 0.6) is 0 Å². The third kappa shape index (κ3) is 5.32. The van der Waals surface area contributed by atoms with Crippen molar-refractivity contribution in [3.63, 3.8) is 0 Å². The predicted octanol–water partition coefficient (Wildman–Crippen LogP) is 3.33. The van der Waals surface area contributed by atoms with Crippen LogP contribution in [0.3, 0.4) is 0 Å². The summed E-state index contributed by atoms with van der Waals surface area (Å²) in [4.78, 5) is 15.1. The molecule has 1 saturated heterocycles. The fourth-order valence-electron chi connectivity index (χ4n) is 3.90. The number of amides is 1. The summed E-state index contributed by atoms with van der Waals surface area (Å²) in [5, 5.41) is 7.79. The molecule has 1 aromatic heterocycles. The van der Waals surface area contributed by atoms with Gasteiger partial charge >= 0.3 is 0 Å². The maximum atomic E-state index is 12.6. The highest BCUT2D eigenvalue weighted by atomic mass is 16.1. The van der Waals surface area contributed by atoms with Crippen molar-refractivity contribution in [3.8, 4) is 0 Å². The molecule has 1 aromatic rings. The Morgan fingerprint density at radius 3 is 2.65 bits per heavy atom. The number of nitrogens with one attached hydrogen (secondary N) is 1. The first-order valence-corrected chi connectivity index (χ1v) is 10.1. The van der Waals surface area contributed by atoms with E-state index in [9.17, 15) is 4.79 Å². The Hall–Kier alpha value is -1.36. The van der Waals surface area contributed by atoms with Crippen molar-refractivity contribution in [1.82, 2.24) is 20.0 Å². The Labute approximate surface area is 159 Å². The number of likely N-dealkylation sites (tertiary alicyclic amines) is 1. The van der Waals surface area contributed by atoms with Crippen LogP contribution in [-0.2, 0) is 17.8 Å². The van der Waals surface area contributed by atoms with E-state index in [4.69, 9.17) is 0 Å². The average Bonchev–Trinajstić information content (AvgIpc) is 2.80. The summed E-state index contributed by atoms with van der Waals surface area (Å²) >= 11 is 0. The number of aryl methyl sites for hydroxylation is 1. The maximum Gasteiger partial charge on any atom is 0.224 e. The number of rotatable bonds is 7. The van der Waals surface area contributed by atoms with E-state index in [1.165, 1.54) is 12.8 Å². The van der Waals surface area contributed by atoms with E-state index in [0.717, 1.165) is 42.5 Å². The highest BCUT2D eigenvalue weighted by Crippen LogP contribution is 2.23. The average molecular weight is 363 g/mol. The minimum absolute atomic E-state index is 0.00372. The fourth-order valence-corrected chi connectivity index (χ4v) is 3.90. The van der Waals surface area contributed by atoms with Gasteiger partial charge in [0.1, 0.15) is 0 Å². The van der Waals surface area contributed by atoms with Crippen LogP contribution in [0.25, 0.3) is 0 Å². The lowest BCUT2D eigenvalue weighted by Crippen LogP contribution is -2.54. The smallest absolute Gasteiger partial charge is 0.224 e. The Balaban J connectivity index is 1.93. The van der Waals surface area contributed by atoms with Crippen molar-refractivity contribution in [1.29, 1.82) is 0 Å². The second-order valence-corrected chi connectivity index (χ2v) is 9.18. The Morgan fingerprint density at radius 2 is 2.04 bits per heavy atom. The molecular weight excluding hydrogens is 324 g/mol. The van der Waals surface area contributed by atoms with E-state index in [2.05, 4.69) is 56.9 Å². The number of carbonyl (C=O) groups excluding carboxylic acids is 1. The molecule has 0 unspecified atom stereocenters. The zero-order chi connectivity index (χ0) is 19.5. The van der Waals surface area contributed by atoms with Gasteiger partial charge in [0.25, 0.3) is 0 Å². The molecule has 0 radical (unpaired) electrons. The first kappa shape index (κ1) is 20.9. The van der Waals surface area contributed by atoms with Gasteiger partial charge in [0, 0.05) is 36.4 Å². The molecule has 5 heteroatoms. The summed E-state index contributed by atoms with van der Waals surface area (Å²) in [6.07, 6.45) is 2.99. The topological polar surface area (TPSA) is 50.2 Å². The highest BCUT2D eigenvalue weighted by Gasteiger charge is 2.30. The Morgan fingerprint density at radius 1 is 1.35 bits per heavy atom. The first-order valence-electron chi connectivity index (χ1n) is 10.1. The lowest BCUT2D eigenvalue weighted by atomic mass is 9.93. The van der Waals surface area contributed by atoms with Crippen molar-refractivity contribution in [2.75, 3.05) is 19.6 Å². The zero-order valence-corrected chi connectivity index (χ0v) is 17.9. The number of piperidine rings is 1. The summed E-state index contributed by atoms with van der Waals surface area (Å²) in [6, 6.07) is 0. The van der Waals surface area contributed by atoms with Gasteiger partial charge in [0.05, 0.1) is 12.1 Å². The van der Waals surface area contributed by atoms with Gasteiger partial charge in [0.2, 0.25) is 5.91 Å². The van der Waals surface area contributed by atoms with Crippen LogP contribution >= 0.6 is 0 Å². The molecule has 2 heterocycles. The lowest BCUT2D eigenvalue weighted by molar-refractivity contribution is -0.121. The zero-order valence-electron chi connectivity index (χ0n) is 17.9. The van der Waals surface area contributed by atoms with E-state index in [0.29, 0.717) is 18.9 Å². The van der Waals surface area contributed by atoms with E-state index in [-0.39, 0.29) is 11.4 Å². The molecule has 0 aromatic carbocycles. The van der Waals surface area contributed by atoms with E-state index in [1.807, 2.05) is 11.6 Å². The van der Waals surface area contributed by atoms with Gasteiger partial charge < -0.3 is 5.32 Å². The number of nitrogens with zero attached hydrogens (tertiary/aromatic N) is 3. The van der Waals surface area contributed by atoms with Crippen molar-refractivity contribution < 1.29 is 4.79 Å². The van der Waals surface area contributed by atoms with Gasteiger partial charge in [-0.05, 0) is 58.9 Å². The molecule has 1 fully saturated rings. The van der Waals surface area contributed by atoms with Crippen molar-refractivity contribution >= 4 is 5.91 Å². The lowest BCUT2D eigenvalue weighted by Gasteiger charge is -2.43. The van der Waals surface area contributed by atoms with Crippen LogP contribution < -0.4 is 5.32 Å². The van der Waals surface area contributed by atoms with Crippen molar-refractivity contribution in [2.45, 2.75) is 79.8 Å². The van der Waals surface area contributed by atoms with Crippen LogP contribution in [-0.4, -0.2) is 45.8 Å². The SMILES string of the molecule is Cc1nn(CC(C)C)c(C)c1CC(=O)NCC(C)(C)N1CCC[C@@H](C)C1. The molecule has 1 atom stereocenters. The first-order chi connectivity index (χ1) is 12.1. The second kappa shape index (κ2) is 8.55. The van der Waals surface area contributed by atoms with E-state index >= 15 is 0 Å². The predicted molar refractivity (Wildman–Crippen MR) is 107 cm³/mol. The molecule has 1 aliphatic rings. The highest BCUT2D eigenvalue weighted by molar-refractivity contribution is 5.79. The van der Waals surface area contributed by atoms with Gasteiger partial charge in [-0.3, -0.25) is 14.4 Å². The largest absolute Gasteiger partial charge is 0.354 e. The molecule has 0 saturated carbocycles. The van der Waals surface area contributed by atoms with Gasteiger partial charge in [0.15, 0.2) is 0 Å². The molecule has 1 aliphatic heterocycles. The van der Waals surface area contributed by atoms with Crippen LogP contribution in [0.15, 0.2) is 0 Å². The maximum absolute atomic E-state index is 12.6. The summed E-state index contributed by atoms with van der Waals surface area (Å²) in [5.41, 5.74) is 3.17. The summed E-state index contributed by atoms with van der Waals surface area (Å²) in [5.74, 6) is 1.39. The molecule has 0 spiro atoms. The van der Waals surface area contributed by atoms with Crippen LogP contribution in [0, 0.1) is 25.7 Å². The quantitative estimate of drug-likeness (QED) is 0.809. The number of carbonyl (C=O) groups is 1. The monoisotopic (exact) mass is 362 g/mol. The molecule has 1 amide bonds. The normalized spacial score (nSPS) is 19.2. The molecule has 148 valence electrons. The Kier molecular flexibility index (Phi) is 6.89. The Bertz CT molecular complexity index is 618. The standard InChI is InChI=1S/C21H38N4O/c1-15(2)12-25-18(5)19(17(4)23-25)11-20(26)22-14-21(6,7)24-10-8-9-16(3)13-24/h15-16H,8-14H2,1-7H3,(H,22,26)/t16-/m1/s1. The minimum atomic E-state index is -0.00372. The van der Waals surface area contributed by atoms with Crippen LogP contribution in [0.2, 0.25) is 0 Å². The van der Waals surface area contributed by atoms with Gasteiger partial charge in [-0.1, -0.05) is 20.8 Å². The molecule has 2 rings (SSSR count). The fraction of sp³-hybridized carbons (Fsp3) is 0.810. The van der Waals surface area contributed by atoms with Crippen LogP contribution in [0.4, 0.5) is 0 Å². The van der Waals surface area contributed by atoms with Crippen molar-refractivity contribution in [2.24, 2.45) is 11.8 Å². The van der Waals surface area contributed by atoms with Crippen LogP contribution in [0.1, 0.15) is 64.4 Å². The molecular formula is C21H38N4O. The minimum Gasteiger partial charge on any atom is -0.354 e. The third-order valence-electron chi connectivity index (χ3n) is 5.64. The third-order valence-corrected chi connectivity index (χ3v) is 5.64. The summed E-state index contributed by atoms with van der Waals surface area (Å²) in [6.45, 7) is 19.1. The van der Waals surface area contributed by atoms with Gasteiger partial charge in [-0.15, -0.1) is 0 Å². The van der Waals surface area contributed by atoms with Gasteiger partial charge in [-0.25, -0.2) is 0 Å². The van der Waals surface area contributed by atoms with Crippen molar-refractivity contribution in [3.05, 3.63) is 17.0 Å². The van der Waals surface area contributed by atoms with E-state index in [1.54, 1.807) is 0 Å². The molecule has 0 bridgehead atoms. The molecule has 5 nitrogen and oxygen atoms in total. The molecule has 0 aliphatic carbocycles. The second-order valence-electron chi connectivity index (χ2n) is 9.18. The number of aromatic nitrogens is 2. The summed E-state index contributed by atoms with van der Waals surface area (Å²) < 4.78 is 2.04. The molecule has 26 heavy (non-hydrogen) atoms. The summed E-state index contributed by atoms with van der Waals surface area (Å²) in [7, 11) is 0. The number of hydrogen-bond donors (Lipinski definition) is 1. The molecule has 1 N–H and O–H groups in total. The van der Waals surface area contributed by atoms with E-state index < -0.39 is 0 Å². The van der Waals surface area contributed by atoms with Gasteiger partial charge in [-0.2, -0.15) is 5.10 Å². The number of hydrogen-bond acceptors (Lipinski definition) is 3.